The molecule has 0 N–H and O–H groups in total. The van der Waals surface area contributed by atoms with E-state index in [4.69, 9.17) is 9.47 Å². The second-order valence-corrected chi connectivity index (χ2v) is 3.93. The minimum absolute atomic E-state index is 0.0630. The number of rotatable bonds is 4. The maximum Gasteiger partial charge on any atom is 0.356 e. The largest absolute Gasteiger partial charge is 0.494 e. The number of ether oxygens (including phenoxy) is 3. The van der Waals surface area contributed by atoms with Crippen LogP contribution in [0.3, 0.4) is 0 Å². The molecule has 0 saturated heterocycles. The third kappa shape index (κ3) is 2.49. The van der Waals surface area contributed by atoms with Crippen molar-refractivity contribution in [1.82, 2.24) is 4.98 Å². The highest BCUT2D eigenvalue weighted by Crippen LogP contribution is 2.31. The molecule has 0 unspecified atom stereocenters. The van der Waals surface area contributed by atoms with Crippen molar-refractivity contribution in [2.24, 2.45) is 0 Å². The van der Waals surface area contributed by atoms with Crippen LogP contribution in [0.15, 0.2) is 18.2 Å². The monoisotopic (exact) mass is 279 g/mol. The first-order valence-electron chi connectivity index (χ1n) is 6.00. The Morgan fingerprint density at radius 2 is 2.00 bits per heavy atom. The number of esters is 1. The van der Waals surface area contributed by atoms with Crippen LogP contribution in [0.5, 0.6) is 11.5 Å². The van der Waals surface area contributed by atoms with Crippen LogP contribution in [0.4, 0.5) is 4.39 Å². The van der Waals surface area contributed by atoms with Gasteiger partial charge >= 0.3 is 5.97 Å². The van der Waals surface area contributed by atoms with Gasteiger partial charge in [-0.15, -0.1) is 0 Å². The summed E-state index contributed by atoms with van der Waals surface area (Å²) in [6, 6.07) is 4.15. The molecule has 0 radical (unpaired) electrons. The number of pyridine rings is 1. The second-order valence-electron chi connectivity index (χ2n) is 3.93. The lowest BCUT2D eigenvalue weighted by atomic mass is 10.1. The fourth-order valence-corrected chi connectivity index (χ4v) is 1.84. The minimum Gasteiger partial charge on any atom is -0.494 e. The van der Waals surface area contributed by atoms with Crippen molar-refractivity contribution in [3.63, 3.8) is 0 Å². The molecule has 0 aliphatic heterocycles. The van der Waals surface area contributed by atoms with Crippen molar-refractivity contribution in [1.29, 1.82) is 0 Å². The summed E-state index contributed by atoms with van der Waals surface area (Å²) < 4.78 is 28.8. The first-order valence-corrected chi connectivity index (χ1v) is 6.00. The molecule has 0 saturated carbocycles. The Morgan fingerprint density at radius 1 is 1.25 bits per heavy atom. The van der Waals surface area contributed by atoms with Gasteiger partial charge in [0, 0.05) is 17.5 Å². The van der Waals surface area contributed by atoms with Crippen LogP contribution in [0, 0.1) is 5.82 Å². The van der Waals surface area contributed by atoms with Crippen molar-refractivity contribution in [3.05, 3.63) is 29.7 Å². The van der Waals surface area contributed by atoms with E-state index in [0.29, 0.717) is 23.3 Å². The van der Waals surface area contributed by atoms with Crippen LogP contribution in [0.25, 0.3) is 10.9 Å². The van der Waals surface area contributed by atoms with Gasteiger partial charge < -0.3 is 14.2 Å². The maximum atomic E-state index is 13.7. The molecule has 0 bridgehead atoms. The average Bonchev–Trinajstić information content (AvgIpc) is 2.45. The molecular weight excluding hydrogens is 265 g/mol. The molecule has 6 heteroatoms. The average molecular weight is 279 g/mol. The fourth-order valence-electron chi connectivity index (χ4n) is 1.84. The van der Waals surface area contributed by atoms with Crippen molar-refractivity contribution >= 4 is 16.9 Å². The van der Waals surface area contributed by atoms with Gasteiger partial charge in [0.15, 0.2) is 17.3 Å². The van der Waals surface area contributed by atoms with Gasteiger partial charge in [0.05, 0.1) is 26.3 Å². The Bertz CT molecular complexity index is 657. The predicted octanol–water partition coefficient (Wildman–Crippen LogP) is 2.57. The zero-order valence-electron chi connectivity index (χ0n) is 11.4. The first-order chi connectivity index (χ1) is 9.60. The number of hydrogen-bond acceptors (Lipinski definition) is 5. The molecule has 5 nitrogen and oxygen atoms in total. The number of hydrogen-bond donors (Lipinski definition) is 0. The summed E-state index contributed by atoms with van der Waals surface area (Å²) in [4.78, 5) is 15.6. The van der Waals surface area contributed by atoms with Gasteiger partial charge in [0.25, 0.3) is 0 Å². The van der Waals surface area contributed by atoms with E-state index in [1.54, 1.807) is 0 Å². The number of nitrogens with zero attached hydrogens (tertiary/aromatic N) is 1. The van der Waals surface area contributed by atoms with E-state index in [9.17, 15) is 9.18 Å². The van der Waals surface area contributed by atoms with Gasteiger partial charge in [-0.3, -0.25) is 0 Å². The molecule has 106 valence electrons. The summed E-state index contributed by atoms with van der Waals surface area (Å²) in [7, 11) is 2.63. The number of fused-ring (bicyclic) bond motifs is 1. The Kier molecular flexibility index (Phi) is 4.02. The van der Waals surface area contributed by atoms with Crippen molar-refractivity contribution in [2.45, 2.75) is 6.92 Å². The molecule has 0 fully saturated rings. The van der Waals surface area contributed by atoms with E-state index >= 15 is 0 Å². The number of halogens is 1. The quantitative estimate of drug-likeness (QED) is 0.805. The van der Waals surface area contributed by atoms with Gasteiger partial charge in [0.2, 0.25) is 0 Å². The van der Waals surface area contributed by atoms with E-state index in [1.807, 2.05) is 6.92 Å². The Hall–Kier alpha value is -2.37. The van der Waals surface area contributed by atoms with Crippen LogP contribution < -0.4 is 9.47 Å². The molecule has 0 amide bonds. The van der Waals surface area contributed by atoms with Gasteiger partial charge in [-0.05, 0) is 13.0 Å². The van der Waals surface area contributed by atoms with E-state index in [0.717, 1.165) is 0 Å². The number of methoxy groups -OCH3 is 2. The Labute approximate surface area is 115 Å². The summed E-state index contributed by atoms with van der Waals surface area (Å²) >= 11 is 0. The highest BCUT2D eigenvalue weighted by Gasteiger charge is 2.16. The minimum atomic E-state index is -0.607. The summed E-state index contributed by atoms with van der Waals surface area (Å²) in [5.74, 6) is -0.650. The lowest BCUT2D eigenvalue weighted by molar-refractivity contribution is 0.0594. The summed E-state index contributed by atoms with van der Waals surface area (Å²) in [6.07, 6.45) is 0. The fraction of sp³-hybridized carbons (Fsp3) is 0.286. The van der Waals surface area contributed by atoms with Gasteiger partial charge in [-0.25, -0.2) is 14.2 Å². The van der Waals surface area contributed by atoms with Crippen LogP contribution in [-0.2, 0) is 4.74 Å². The van der Waals surface area contributed by atoms with E-state index in [1.165, 1.54) is 32.4 Å². The lowest BCUT2D eigenvalue weighted by Gasteiger charge is -2.11. The molecule has 0 aliphatic carbocycles. The maximum absolute atomic E-state index is 13.7. The molecule has 0 atom stereocenters. The SMILES string of the molecule is CCOc1cc(C(=O)OC)nc2cc(F)c(OC)cc12. The zero-order valence-corrected chi connectivity index (χ0v) is 11.4. The van der Waals surface area contributed by atoms with Crippen LogP contribution in [-0.4, -0.2) is 31.8 Å². The standard InChI is InChI=1S/C14H14FNO4/c1-4-20-12-7-11(14(17)19-3)16-10-6-9(15)13(18-2)5-8(10)12/h5-7H,4H2,1-3H3. The highest BCUT2D eigenvalue weighted by atomic mass is 19.1. The van der Waals surface area contributed by atoms with Crippen molar-refractivity contribution < 1.29 is 23.4 Å². The van der Waals surface area contributed by atoms with Gasteiger partial charge in [0.1, 0.15) is 5.75 Å². The molecule has 2 rings (SSSR count). The topological polar surface area (TPSA) is 57.7 Å². The Balaban J connectivity index is 2.71. The Morgan fingerprint density at radius 3 is 2.60 bits per heavy atom. The molecule has 1 aromatic heterocycles. The molecule has 1 aromatic carbocycles. The van der Waals surface area contributed by atoms with Crippen LogP contribution in [0.1, 0.15) is 17.4 Å². The first kappa shape index (κ1) is 14.0. The van der Waals surface area contributed by atoms with E-state index < -0.39 is 11.8 Å². The van der Waals surface area contributed by atoms with Crippen molar-refractivity contribution in [2.75, 3.05) is 20.8 Å². The van der Waals surface area contributed by atoms with Crippen LogP contribution in [0.2, 0.25) is 0 Å². The molecule has 0 spiro atoms. The van der Waals surface area contributed by atoms with Crippen molar-refractivity contribution in [3.8, 4) is 11.5 Å². The summed E-state index contributed by atoms with van der Waals surface area (Å²) in [5, 5.41) is 0.567. The predicted molar refractivity (Wildman–Crippen MR) is 70.8 cm³/mol. The molecular formula is C14H14FNO4. The normalized spacial score (nSPS) is 10.4. The second kappa shape index (κ2) is 5.73. The summed E-state index contributed by atoms with van der Waals surface area (Å²) in [6.45, 7) is 2.21. The van der Waals surface area contributed by atoms with Crippen LogP contribution >= 0.6 is 0 Å². The van der Waals surface area contributed by atoms with E-state index in [2.05, 4.69) is 9.72 Å². The molecule has 20 heavy (non-hydrogen) atoms. The molecule has 1 heterocycles. The molecule has 0 aliphatic rings. The number of carbonyl (C=O) groups excluding carboxylic acids is 1. The van der Waals surface area contributed by atoms with Gasteiger partial charge in [-0.1, -0.05) is 0 Å². The van der Waals surface area contributed by atoms with Gasteiger partial charge in [-0.2, -0.15) is 0 Å². The highest BCUT2D eigenvalue weighted by molar-refractivity contribution is 5.94. The van der Waals surface area contributed by atoms with E-state index in [-0.39, 0.29) is 11.4 Å². The number of aromatic nitrogens is 1. The smallest absolute Gasteiger partial charge is 0.356 e. The number of carbonyl (C=O) groups is 1. The zero-order chi connectivity index (χ0) is 14.7. The summed E-state index contributed by atoms with van der Waals surface area (Å²) in [5.41, 5.74) is 0.364. The lowest BCUT2D eigenvalue weighted by Crippen LogP contribution is -2.06. The third-order valence-electron chi connectivity index (χ3n) is 2.74. The molecule has 2 aromatic rings. The number of benzene rings is 1. The third-order valence-corrected chi connectivity index (χ3v) is 2.74.